The van der Waals surface area contributed by atoms with Crippen LogP contribution in [0.5, 0.6) is 0 Å². The summed E-state index contributed by atoms with van der Waals surface area (Å²) in [6, 6.07) is 0. The number of ether oxygens (including phenoxy) is 5. The minimum absolute atomic E-state index is 0.587. The van der Waals surface area contributed by atoms with E-state index in [2.05, 4.69) is 11.6 Å². The number of likely N-dealkylation sites (N-methyl/N-ethyl adjacent to an activating group) is 1. The molecule has 0 amide bonds. The highest BCUT2D eigenvalue weighted by molar-refractivity contribution is 7.98. The summed E-state index contributed by atoms with van der Waals surface area (Å²) in [6.07, 6.45) is 4.33. The Morgan fingerprint density at radius 2 is 0.969 bits per heavy atom. The van der Waals surface area contributed by atoms with E-state index in [-0.39, 0.29) is 0 Å². The highest BCUT2D eigenvalue weighted by atomic mass is 32.2. The summed E-state index contributed by atoms with van der Waals surface area (Å²) in [5, 5.41) is 3.01. The van der Waals surface area contributed by atoms with Gasteiger partial charge in [-0.3, -0.25) is 0 Å². The van der Waals surface area contributed by atoms with E-state index in [9.17, 15) is 4.79 Å². The van der Waals surface area contributed by atoms with Crippen LogP contribution in [0.15, 0.2) is 0 Å². The number of rotatable bonds is 19. The van der Waals surface area contributed by atoms with Gasteiger partial charge in [0.05, 0.1) is 66.1 Å². The molecule has 0 rings (SSSR count). The van der Waals surface area contributed by atoms with Gasteiger partial charge in [-0.1, -0.05) is 34.6 Å². The second kappa shape index (κ2) is 57.4. The Balaban J connectivity index is -0.000000185. The number of aldehydes is 2. The molecular weight excluding hydrogens is 434 g/mol. The smallest absolute Gasteiger partial charge is 0.119 e. The van der Waals surface area contributed by atoms with Crippen LogP contribution in [0.25, 0.3) is 0 Å². The van der Waals surface area contributed by atoms with Crippen molar-refractivity contribution in [2.75, 3.05) is 91.7 Å². The zero-order valence-corrected chi connectivity index (χ0v) is 22.9. The number of thioether (sulfide) groups is 1. The molecule has 0 radical (unpaired) electrons. The third-order valence-corrected chi connectivity index (χ3v) is 3.16. The van der Waals surface area contributed by atoms with Gasteiger partial charge in [-0.05, 0) is 20.2 Å². The van der Waals surface area contributed by atoms with E-state index in [0.717, 1.165) is 31.5 Å². The van der Waals surface area contributed by atoms with Crippen LogP contribution in [-0.2, 0) is 33.3 Å². The highest BCUT2D eigenvalue weighted by Gasteiger charge is 1.93. The van der Waals surface area contributed by atoms with Crippen molar-refractivity contribution >= 4 is 24.3 Å². The fourth-order valence-electron chi connectivity index (χ4n) is 1.30. The van der Waals surface area contributed by atoms with E-state index in [1.54, 1.807) is 11.8 Å². The summed E-state index contributed by atoms with van der Waals surface area (Å²) in [4.78, 5) is 18.0. The summed E-state index contributed by atoms with van der Waals surface area (Å²) in [6.45, 7) is 18.5. The molecule has 0 saturated carbocycles. The molecule has 0 fully saturated rings. The fraction of sp³-hybridized carbons (Fsp3) is 0.913. The van der Waals surface area contributed by atoms with Crippen LogP contribution in [0, 0.1) is 0 Å². The molecule has 9 heteroatoms. The maximum atomic E-state index is 9.17. The largest absolute Gasteiger partial charge is 0.378 e. The molecule has 32 heavy (non-hydrogen) atoms. The van der Waals surface area contributed by atoms with Gasteiger partial charge < -0.3 is 38.6 Å². The van der Waals surface area contributed by atoms with Crippen molar-refractivity contribution in [1.82, 2.24) is 5.32 Å². The van der Waals surface area contributed by atoms with Crippen LogP contribution in [-0.4, -0.2) is 104 Å². The van der Waals surface area contributed by atoms with E-state index in [4.69, 9.17) is 28.5 Å². The first-order valence-electron chi connectivity index (χ1n) is 11.6. The summed E-state index contributed by atoms with van der Waals surface area (Å²) in [5.74, 6) is 1.03. The number of nitrogens with one attached hydrogen (secondary N) is 1. The molecule has 0 unspecified atom stereocenters. The minimum atomic E-state index is 0.587. The van der Waals surface area contributed by atoms with Crippen LogP contribution in [0.3, 0.4) is 0 Å². The Bertz CT molecular complexity index is 259. The average molecular weight is 488 g/mol. The molecule has 0 heterocycles. The predicted molar refractivity (Wildman–Crippen MR) is 137 cm³/mol. The van der Waals surface area contributed by atoms with Gasteiger partial charge in [0.2, 0.25) is 0 Å². The average Bonchev–Trinajstić information content (AvgIpc) is 2.84. The van der Waals surface area contributed by atoms with E-state index in [0.29, 0.717) is 65.9 Å². The predicted octanol–water partition coefficient (Wildman–Crippen LogP) is 3.50. The van der Waals surface area contributed by atoms with Crippen molar-refractivity contribution in [3.8, 4) is 0 Å². The van der Waals surface area contributed by atoms with Crippen molar-refractivity contribution in [2.45, 2.75) is 48.0 Å². The van der Waals surface area contributed by atoms with Gasteiger partial charge in [0.25, 0.3) is 0 Å². The van der Waals surface area contributed by atoms with Crippen molar-refractivity contribution in [3.63, 3.8) is 0 Å². The summed E-state index contributed by atoms with van der Waals surface area (Å²) < 4.78 is 26.8. The Kier molecular flexibility index (Phi) is 74.8. The van der Waals surface area contributed by atoms with Crippen molar-refractivity contribution < 1.29 is 33.3 Å². The van der Waals surface area contributed by atoms with Crippen LogP contribution >= 0.6 is 11.8 Å². The van der Waals surface area contributed by atoms with Gasteiger partial charge in [0, 0.05) is 18.7 Å². The second-order valence-electron chi connectivity index (χ2n) is 4.97. The normalized spacial score (nSPS) is 8.88. The van der Waals surface area contributed by atoms with Gasteiger partial charge in [0.1, 0.15) is 12.6 Å². The number of carbonyl (C=O) groups is 2. The molecule has 0 bridgehead atoms. The molecule has 0 aromatic carbocycles. The standard InChI is InChI=1S/C14H31NO5S.C3H6O.C2H4O.2C2H6/c1-15-3-4-16-5-6-17-7-8-18-9-10-19-11-12-20-13-14-21-2;1-2-3-4;1-2-3;2*1-2/h15H,3-14H2,1-2H3;3H,2H2,1H3;2H,1H3;2*1-2H3. The molecular formula is C23H53NO7S. The first kappa shape index (κ1) is 41.7. The Labute approximate surface area is 202 Å². The first-order valence-corrected chi connectivity index (χ1v) is 13.0. The minimum Gasteiger partial charge on any atom is -0.378 e. The van der Waals surface area contributed by atoms with Crippen molar-refractivity contribution in [2.24, 2.45) is 0 Å². The van der Waals surface area contributed by atoms with Crippen LogP contribution < -0.4 is 5.32 Å². The van der Waals surface area contributed by atoms with Gasteiger partial charge in [-0.2, -0.15) is 11.8 Å². The third kappa shape index (κ3) is 70.0. The number of hydrogen-bond acceptors (Lipinski definition) is 9. The second-order valence-corrected chi connectivity index (χ2v) is 5.95. The quantitative estimate of drug-likeness (QED) is 0.217. The van der Waals surface area contributed by atoms with Crippen LogP contribution in [0.4, 0.5) is 0 Å². The Morgan fingerprint density at radius 1 is 0.688 bits per heavy atom. The molecule has 0 aromatic rings. The maximum Gasteiger partial charge on any atom is 0.119 e. The van der Waals surface area contributed by atoms with E-state index >= 15 is 0 Å². The van der Waals surface area contributed by atoms with Gasteiger partial charge in [-0.15, -0.1) is 0 Å². The monoisotopic (exact) mass is 487 g/mol. The number of hydrogen-bond donors (Lipinski definition) is 1. The summed E-state index contributed by atoms with van der Waals surface area (Å²) in [7, 11) is 1.90. The topological polar surface area (TPSA) is 92.3 Å². The lowest BCUT2D eigenvalue weighted by atomic mass is 10.6. The van der Waals surface area contributed by atoms with E-state index < -0.39 is 0 Å². The van der Waals surface area contributed by atoms with Crippen molar-refractivity contribution in [1.29, 1.82) is 0 Å². The fourth-order valence-corrected chi connectivity index (χ4v) is 1.58. The molecule has 198 valence electrons. The van der Waals surface area contributed by atoms with Crippen molar-refractivity contribution in [3.05, 3.63) is 0 Å². The van der Waals surface area contributed by atoms with Crippen LogP contribution in [0.1, 0.15) is 48.0 Å². The Hall–Kier alpha value is -0.550. The molecule has 0 atom stereocenters. The first-order chi connectivity index (χ1) is 15.7. The highest BCUT2D eigenvalue weighted by Crippen LogP contribution is 1.90. The van der Waals surface area contributed by atoms with Gasteiger partial charge in [-0.25, -0.2) is 0 Å². The molecule has 8 nitrogen and oxygen atoms in total. The molecule has 0 aliphatic rings. The molecule has 0 aliphatic heterocycles. The zero-order valence-electron chi connectivity index (χ0n) is 22.1. The summed E-state index contributed by atoms with van der Waals surface area (Å²) >= 11 is 1.78. The lowest BCUT2D eigenvalue weighted by Crippen LogP contribution is -2.17. The van der Waals surface area contributed by atoms with E-state index in [1.807, 2.05) is 41.7 Å². The van der Waals surface area contributed by atoms with Gasteiger partial charge >= 0.3 is 0 Å². The third-order valence-electron chi connectivity index (χ3n) is 2.58. The molecule has 0 aliphatic carbocycles. The number of carbonyl (C=O) groups excluding carboxylic acids is 2. The Morgan fingerprint density at radius 3 is 1.22 bits per heavy atom. The lowest BCUT2D eigenvalue weighted by Gasteiger charge is -2.07. The SMILES string of the molecule is CC.CC.CC=O.CCC=O.CNCCOCCOCCOCCOCCOCCSC. The van der Waals surface area contributed by atoms with Gasteiger partial charge in [0.15, 0.2) is 0 Å². The summed E-state index contributed by atoms with van der Waals surface area (Å²) in [5.41, 5.74) is 0. The molecule has 1 N–H and O–H groups in total. The molecule has 0 saturated heterocycles. The van der Waals surface area contributed by atoms with E-state index in [1.165, 1.54) is 6.92 Å². The molecule has 0 spiro atoms. The maximum absolute atomic E-state index is 9.17. The zero-order chi connectivity index (χ0) is 25.6. The molecule has 0 aromatic heterocycles. The lowest BCUT2D eigenvalue weighted by molar-refractivity contribution is -0.107. The van der Waals surface area contributed by atoms with Crippen LogP contribution in [0.2, 0.25) is 0 Å².